The van der Waals surface area contributed by atoms with Crippen LogP contribution in [0.2, 0.25) is 0 Å². The molecule has 1 aliphatic rings. The van der Waals surface area contributed by atoms with Crippen LogP contribution in [0, 0.1) is 0 Å². The van der Waals surface area contributed by atoms with Gasteiger partial charge in [-0.15, -0.1) is 24.0 Å². The van der Waals surface area contributed by atoms with Gasteiger partial charge in [-0.1, -0.05) is 25.3 Å². The minimum Gasteiger partial charge on any atom is -0.493 e. The van der Waals surface area contributed by atoms with Crippen molar-refractivity contribution in [1.29, 1.82) is 0 Å². The number of hydrogen-bond donors (Lipinski definition) is 2. The molecule has 0 saturated heterocycles. The number of guanidine groups is 1. The van der Waals surface area contributed by atoms with Crippen molar-refractivity contribution in [3.05, 3.63) is 23.8 Å². The van der Waals surface area contributed by atoms with E-state index >= 15 is 0 Å². The fraction of sp³-hybridized carbons (Fsp3) is 0.650. The van der Waals surface area contributed by atoms with E-state index in [-0.39, 0.29) is 24.0 Å². The summed E-state index contributed by atoms with van der Waals surface area (Å²) in [6, 6.07) is 6.67. The number of benzene rings is 1. The van der Waals surface area contributed by atoms with Gasteiger partial charge in [0, 0.05) is 32.7 Å². The number of halogens is 1. The molecule has 0 heterocycles. The molecular formula is C20H35IN4O2. The third-order valence-electron chi connectivity index (χ3n) is 5.09. The van der Waals surface area contributed by atoms with E-state index in [0.29, 0.717) is 6.54 Å². The Hall–Kier alpha value is -1.22. The number of likely N-dealkylation sites (N-methyl/N-ethyl adjacent to an activating group) is 1. The van der Waals surface area contributed by atoms with Gasteiger partial charge < -0.3 is 25.0 Å². The minimum absolute atomic E-state index is 0. The summed E-state index contributed by atoms with van der Waals surface area (Å²) < 4.78 is 10.6. The van der Waals surface area contributed by atoms with Gasteiger partial charge >= 0.3 is 0 Å². The average Bonchev–Trinajstić information content (AvgIpc) is 2.70. The first kappa shape index (κ1) is 23.8. The summed E-state index contributed by atoms with van der Waals surface area (Å²) in [6.45, 7) is 2.60. The van der Waals surface area contributed by atoms with Crippen LogP contribution in [0.25, 0.3) is 0 Å². The van der Waals surface area contributed by atoms with Crippen molar-refractivity contribution in [3.63, 3.8) is 0 Å². The van der Waals surface area contributed by atoms with Crippen molar-refractivity contribution >= 4 is 29.9 Å². The van der Waals surface area contributed by atoms with Crippen LogP contribution in [0.4, 0.5) is 0 Å². The van der Waals surface area contributed by atoms with Gasteiger partial charge in [0.25, 0.3) is 0 Å². The van der Waals surface area contributed by atoms with Crippen molar-refractivity contribution in [1.82, 2.24) is 15.5 Å². The van der Waals surface area contributed by atoms with Gasteiger partial charge in [0.1, 0.15) is 0 Å². The third-order valence-corrected chi connectivity index (χ3v) is 5.09. The standard InChI is InChI=1S/C20H34N4O2.HI/c1-21-20(22-12-13-24(2)17-8-6-5-7-9-17)23-15-16-10-11-18(25-3)19(14-16)26-4;/h10-11,14,17H,5-9,12-13,15H2,1-4H3,(H2,21,22,23);1H. The zero-order chi connectivity index (χ0) is 18.8. The summed E-state index contributed by atoms with van der Waals surface area (Å²) in [5, 5.41) is 6.75. The van der Waals surface area contributed by atoms with E-state index in [9.17, 15) is 0 Å². The van der Waals surface area contributed by atoms with Crippen LogP contribution in [-0.4, -0.2) is 58.3 Å². The molecule has 0 aliphatic heterocycles. The number of methoxy groups -OCH3 is 2. The van der Waals surface area contributed by atoms with Crippen molar-refractivity contribution in [2.45, 2.75) is 44.7 Å². The maximum absolute atomic E-state index is 5.35. The molecule has 0 unspecified atom stereocenters. The summed E-state index contributed by atoms with van der Waals surface area (Å²) in [5.74, 6) is 2.30. The van der Waals surface area contributed by atoms with Crippen LogP contribution < -0.4 is 20.1 Å². The Morgan fingerprint density at radius 2 is 1.81 bits per heavy atom. The topological polar surface area (TPSA) is 58.1 Å². The van der Waals surface area contributed by atoms with Gasteiger partial charge in [0.05, 0.1) is 14.2 Å². The monoisotopic (exact) mass is 490 g/mol. The molecule has 1 aromatic rings. The summed E-state index contributed by atoms with van der Waals surface area (Å²) in [6.07, 6.45) is 6.81. The first-order valence-electron chi connectivity index (χ1n) is 9.53. The minimum atomic E-state index is 0. The Bertz CT molecular complexity index is 577. The first-order valence-corrected chi connectivity index (χ1v) is 9.53. The lowest BCUT2D eigenvalue weighted by Crippen LogP contribution is -2.43. The smallest absolute Gasteiger partial charge is 0.191 e. The highest BCUT2D eigenvalue weighted by Crippen LogP contribution is 2.27. The molecule has 27 heavy (non-hydrogen) atoms. The second-order valence-electron chi connectivity index (χ2n) is 6.81. The van der Waals surface area contributed by atoms with Crippen molar-refractivity contribution in [3.8, 4) is 11.5 Å². The lowest BCUT2D eigenvalue weighted by Gasteiger charge is -2.31. The van der Waals surface area contributed by atoms with E-state index in [0.717, 1.165) is 42.2 Å². The lowest BCUT2D eigenvalue weighted by molar-refractivity contribution is 0.194. The van der Waals surface area contributed by atoms with Crippen LogP contribution in [0.1, 0.15) is 37.7 Å². The lowest BCUT2D eigenvalue weighted by atomic mass is 9.94. The maximum Gasteiger partial charge on any atom is 0.191 e. The molecular weight excluding hydrogens is 455 g/mol. The summed E-state index contributed by atoms with van der Waals surface area (Å²) >= 11 is 0. The number of hydrogen-bond acceptors (Lipinski definition) is 4. The summed E-state index contributed by atoms with van der Waals surface area (Å²) in [7, 11) is 7.33. The second kappa shape index (κ2) is 13.0. The normalized spacial score (nSPS) is 15.2. The number of nitrogens with one attached hydrogen (secondary N) is 2. The van der Waals surface area contributed by atoms with E-state index in [1.807, 2.05) is 18.2 Å². The second-order valence-corrected chi connectivity index (χ2v) is 6.81. The Balaban J connectivity index is 0.00000364. The van der Waals surface area contributed by atoms with Gasteiger partial charge in [-0.2, -0.15) is 0 Å². The van der Waals surface area contributed by atoms with Gasteiger partial charge in [-0.3, -0.25) is 4.99 Å². The molecule has 1 aromatic carbocycles. The highest BCUT2D eigenvalue weighted by molar-refractivity contribution is 14.0. The third kappa shape index (κ3) is 7.73. The van der Waals surface area contributed by atoms with E-state index in [2.05, 4.69) is 27.6 Å². The number of ether oxygens (including phenoxy) is 2. The largest absolute Gasteiger partial charge is 0.493 e. The molecule has 0 atom stereocenters. The first-order chi connectivity index (χ1) is 12.7. The Kier molecular flexibility index (Phi) is 11.5. The number of aliphatic imine (C=N–C) groups is 1. The van der Waals surface area contributed by atoms with Gasteiger partial charge in [-0.25, -0.2) is 0 Å². The molecule has 7 heteroatoms. The number of rotatable bonds is 8. The zero-order valence-corrected chi connectivity index (χ0v) is 19.4. The maximum atomic E-state index is 5.35. The van der Waals surface area contributed by atoms with Crippen LogP contribution >= 0.6 is 24.0 Å². The summed E-state index contributed by atoms with van der Waals surface area (Å²) in [4.78, 5) is 6.79. The highest BCUT2D eigenvalue weighted by Gasteiger charge is 2.17. The molecule has 0 bridgehead atoms. The molecule has 1 saturated carbocycles. The molecule has 2 N–H and O–H groups in total. The van der Waals surface area contributed by atoms with E-state index < -0.39 is 0 Å². The van der Waals surface area contributed by atoms with Crippen LogP contribution in [0.5, 0.6) is 11.5 Å². The molecule has 0 aromatic heterocycles. The van der Waals surface area contributed by atoms with Crippen LogP contribution in [0.15, 0.2) is 23.2 Å². The van der Waals surface area contributed by atoms with Crippen molar-refractivity contribution in [2.75, 3.05) is 41.4 Å². The Morgan fingerprint density at radius 3 is 2.44 bits per heavy atom. The van der Waals surface area contributed by atoms with Gasteiger partial charge in [0.2, 0.25) is 0 Å². The van der Waals surface area contributed by atoms with Crippen LogP contribution in [-0.2, 0) is 6.54 Å². The Morgan fingerprint density at radius 1 is 1.11 bits per heavy atom. The SMILES string of the molecule is CN=C(NCCN(C)C1CCCCC1)NCc1ccc(OC)c(OC)c1.I. The molecule has 1 fully saturated rings. The van der Waals surface area contributed by atoms with E-state index in [1.54, 1.807) is 21.3 Å². The number of nitrogens with zero attached hydrogens (tertiary/aromatic N) is 2. The molecule has 1 aliphatic carbocycles. The molecule has 154 valence electrons. The molecule has 2 rings (SSSR count). The van der Waals surface area contributed by atoms with Crippen molar-refractivity contribution in [2.24, 2.45) is 4.99 Å². The fourth-order valence-electron chi connectivity index (χ4n) is 3.45. The quantitative estimate of drug-likeness (QED) is 0.333. The molecule has 6 nitrogen and oxygen atoms in total. The molecule has 0 amide bonds. The van der Waals surface area contributed by atoms with E-state index in [1.165, 1.54) is 32.1 Å². The molecule has 0 radical (unpaired) electrons. The molecule has 0 spiro atoms. The van der Waals surface area contributed by atoms with Crippen molar-refractivity contribution < 1.29 is 9.47 Å². The van der Waals surface area contributed by atoms with Crippen LogP contribution in [0.3, 0.4) is 0 Å². The zero-order valence-electron chi connectivity index (χ0n) is 17.1. The van der Waals surface area contributed by atoms with Gasteiger partial charge in [-0.05, 0) is 37.6 Å². The predicted octanol–water partition coefficient (Wildman–Crippen LogP) is 3.25. The van der Waals surface area contributed by atoms with Gasteiger partial charge in [0.15, 0.2) is 17.5 Å². The highest BCUT2D eigenvalue weighted by atomic mass is 127. The summed E-state index contributed by atoms with van der Waals surface area (Å²) in [5.41, 5.74) is 1.12. The van der Waals surface area contributed by atoms with E-state index in [4.69, 9.17) is 9.47 Å². The fourth-order valence-corrected chi connectivity index (χ4v) is 3.45. The Labute approximate surface area is 181 Å². The average molecular weight is 490 g/mol. The predicted molar refractivity (Wildman–Crippen MR) is 123 cm³/mol.